The van der Waals surface area contributed by atoms with E-state index < -0.39 is 0 Å². The summed E-state index contributed by atoms with van der Waals surface area (Å²) in [5, 5.41) is 0. The quantitative estimate of drug-likeness (QED) is 0.633. The van der Waals surface area contributed by atoms with Gasteiger partial charge in [0.2, 0.25) is 0 Å². The fourth-order valence-corrected chi connectivity index (χ4v) is 2.48. The largest absolute Gasteiger partial charge is 0.496 e. The molecule has 0 aromatic heterocycles. The summed E-state index contributed by atoms with van der Waals surface area (Å²) in [5.74, 6) is 7.47. The molecule has 0 fully saturated rings. The molecule has 21 heavy (non-hydrogen) atoms. The van der Waals surface area contributed by atoms with Crippen LogP contribution in [0.5, 0.6) is 11.5 Å². The number of rotatable bonds is 6. The summed E-state index contributed by atoms with van der Waals surface area (Å²) < 4.78 is 10.9. The van der Waals surface area contributed by atoms with E-state index in [1.165, 1.54) is 5.56 Å². The first-order valence-electron chi connectivity index (χ1n) is 6.92. The number of nitrogens with two attached hydrogens (primary N) is 1. The highest BCUT2D eigenvalue weighted by molar-refractivity contribution is 5.41. The Morgan fingerprint density at radius 3 is 2.43 bits per heavy atom. The Balaban J connectivity index is 2.34. The Morgan fingerprint density at radius 2 is 1.76 bits per heavy atom. The van der Waals surface area contributed by atoms with Crippen molar-refractivity contribution >= 4 is 0 Å². The van der Waals surface area contributed by atoms with E-state index in [4.69, 9.17) is 15.3 Å². The average molecular weight is 286 g/mol. The highest BCUT2D eigenvalue weighted by Gasteiger charge is 2.17. The van der Waals surface area contributed by atoms with Crippen LogP contribution in [-0.4, -0.2) is 14.2 Å². The van der Waals surface area contributed by atoms with Gasteiger partial charge in [-0.2, -0.15) is 0 Å². The highest BCUT2D eigenvalue weighted by atomic mass is 16.5. The smallest absolute Gasteiger partial charge is 0.123 e. The van der Waals surface area contributed by atoms with Gasteiger partial charge in [0.25, 0.3) is 0 Å². The molecule has 2 rings (SSSR count). The van der Waals surface area contributed by atoms with Crippen molar-refractivity contribution in [3.05, 3.63) is 59.2 Å². The Bertz CT molecular complexity index is 599. The van der Waals surface area contributed by atoms with Gasteiger partial charge in [-0.25, -0.2) is 0 Å². The van der Waals surface area contributed by atoms with E-state index in [1.54, 1.807) is 14.2 Å². The fraction of sp³-hybridized carbons (Fsp3) is 0.294. The zero-order valence-electron chi connectivity index (χ0n) is 12.7. The summed E-state index contributed by atoms with van der Waals surface area (Å²) in [4.78, 5) is 0. The lowest BCUT2D eigenvalue weighted by atomic mass is 9.96. The molecule has 1 atom stereocenters. The minimum absolute atomic E-state index is 0.0452. The molecule has 0 heterocycles. The summed E-state index contributed by atoms with van der Waals surface area (Å²) in [5.41, 5.74) is 6.21. The third kappa shape index (κ3) is 3.54. The summed E-state index contributed by atoms with van der Waals surface area (Å²) in [6, 6.07) is 14.0. The van der Waals surface area contributed by atoms with Gasteiger partial charge in [0.15, 0.2) is 0 Å². The summed E-state index contributed by atoms with van der Waals surface area (Å²) in [7, 11) is 3.35. The first kappa shape index (κ1) is 15.4. The van der Waals surface area contributed by atoms with Gasteiger partial charge in [0.1, 0.15) is 11.5 Å². The molecule has 4 heteroatoms. The molecule has 3 N–H and O–H groups in total. The monoisotopic (exact) mass is 286 g/mol. The zero-order chi connectivity index (χ0) is 15.2. The van der Waals surface area contributed by atoms with E-state index in [9.17, 15) is 0 Å². The molecular formula is C17H22N2O2. The van der Waals surface area contributed by atoms with Crippen molar-refractivity contribution < 1.29 is 9.47 Å². The average Bonchev–Trinajstić information content (AvgIpc) is 2.53. The maximum Gasteiger partial charge on any atom is 0.123 e. The molecule has 0 saturated carbocycles. The molecule has 112 valence electrons. The van der Waals surface area contributed by atoms with Crippen LogP contribution in [0, 0.1) is 6.92 Å². The summed E-state index contributed by atoms with van der Waals surface area (Å²) in [6.07, 6.45) is 0.723. The third-order valence-corrected chi connectivity index (χ3v) is 3.58. The van der Waals surface area contributed by atoms with Crippen LogP contribution >= 0.6 is 0 Å². The van der Waals surface area contributed by atoms with Gasteiger partial charge in [-0.15, -0.1) is 0 Å². The van der Waals surface area contributed by atoms with Gasteiger partial charge in [0, 0.05) is 5.56 Å². The van der Waals surface area contributed by atoms with Crippen molar-refractivity contribution in [2.75, 3.05) is 14.2 Å². The minimum Gasteiger partial charge on any atom is -0.496 e. The summed E-state index contributed by atoms with van der Waals surface area (Å²) >= 11 is 0. The van der Waals surface area contributed by atoms with E-state index >= 15 is 0 Å². The molecule has 0 bridgehead atoms. The number of aryl methyl sites for hydroxylation is 1. The second-order valence-corrected chi connectivity index (χ2v) is 4.98. The van der Waals surface area contributed by atoms with Crippen LogP contribution in [0.3, 0.4) is 0 Å². The van der Waals surface area contributed by atoms with Crippen LogP contribution in [0.25, 0.3) is 0 Å². The Kier molecular flexibility index (Phi) is 5.20. The maximum absolute atomic E-state index is 5.77. The zero-order valence-corrected chi connectivity index (χ0v) is 12.7. The molecule has 0 aliphatic rings. The van der Waals surface area contributed by atoms with Crippen molar-refractivity contribution in [1.82, 2.24) is 5.43 Å². The molecule has 4 nitrogen and oxygen atoms in total. The second-order valence-electron chi connectivity index (χ2n) is 4.98. The molecule has 0 amide bonds. The minimum atomic E-state index is -0.0452. The fourth-order valence-electron chi connectivity index (χ4n) is 2.48. The number of benzene rings is 2. The van der Waals surface area contributed by atoms with Crippen molar-refractivity contribution in [2.45, 2.75) is 19.4 Å². The van der Waals surface area contributed by atoms with Crippen LogP contribution < -0.4 is 20.7 Å². The summed E-state index contributed by atoms with van der Waals surface area (Å²) in [6.45, 7) is 2.06. The van der Waals surface area contributed by atoms with Gasteiger partial charge in [-0.05, 0) is 31.0 Å². The Labute approximate surface area is 125 Å². The van der Waals surface area contributed by atoms with Crippen LogP contribution in [0.4, 0.5) is 0 Å². The number of methoxy groups -OCH3 is 2. The standard InChI is InChI=1S/C17H22N2O2/c1-12-8-9-17(21-3)14(10-12)15(19-18)11-13-6-4-5-7-16(13)20-2/h4-10,15,19H,11,18H2,1-3H3. The number of ether oxygens (including phenoxy) is 2. The van der Waals surface area contributed by atoms with E-state index in [0.717, 1.165) is 29.0 Å². The van der Waals surface area contributed by atoms with Crippen molar-refractivity contribution in [2.24, 2.45) is 5.84 Å². The number of hydrogen-bond donors (Lipinski definition) is 2. The first-order valence-corrected chi connectivity index (χ1v) is 6.92. The van der Waals surface area contributed by atoms with Gasteiger partial charge in [-0.1, -0.05) is 35.9 Å². The van der Waals surface area contributed by atoms with Crippen LogP contribution in [0.15, 0.2) is 42.5 Å². The van der Waals surface area contributed by atoms with Crippen molar-refractivity contribution in [3.8, 4) is 11.5 Å². The van der Waals surface area contributed by atoms with E-state index in [2.05, 4.69) is 18.4 Å². The number of nitrogens with one attached hydrogen (secondary N) is 1. The Morgan fingerprint density at radius 1 is 1.05 bits per heavy atom. The molecule has 1 unspecified atom stereocenters. The molecular weight excluding hydrogens is 264 g/mol. The van der Waals surface area contributed by atoms with Gasteiger partial charge in [0.05, 0.1) is 20.3 Å². The third-order valence-electron chi connectivity index (χ3n) is 3.58. The number of para-hydroxylation sites is 1. The highest BCUT2D eigenvalue weighted by Crippen LogP contribution is 2.30. The normalized spacial score (nSPS) is 12.0. The Hall–Kier alpha value is -2.04. The van der Waals surface area contributed by atoms with Crippen LogP contribution in [0.2, 0.25) is 0 Å². The second kappa shape index (κ2) is 7.11. The molecule has 0 aliphatic carbocycles. The van der Waals surface area contributed by atoms with Gasteiger partial charge < -0.3 is 9.47 Å². The van der Waals surface area contributed by atoms with Crippen molar-refractivity contribution in [1.29, 1.82) is 0 Å². The topological polar surface area (TPSA) is 56.5 Å². The van der Waals surface area contributed by atoms with E-state index in [0.29, 0.717) is 0 Å². The predicted octanol–water partition coefficient (Wildman–Crippen LogP) is 2.76. The molecule has 0 spiro atoms. The predicted molar refractivity (Wildman–Crippen MR) is 84.5 cm³/mol. The van der Waals surface area contributed by atoms with Gasteiger partial charge >= 0.3 is 0 Å². The maximum atomic E-state index is 5.77. The number of hydrogen-bond acceptors (Lipinski definition) is 4. The molecule has 2 aromatic carbocycles. The molecule has 0 aliphatic heterocycles. The van der Waals surface area contributed by atoms with Gasteiger partial charge in [-0.3, -0.25) is 11.3 Å². The SMILES string of the molecule is COc1ccccc1CC(NN)c1cc(C)ccc1OC. The van der Waals surface area contributed by atoms with Crippen LogP contribution in [-0.2, 0) is 6.42 Å². The molecule has 2 aromatic rings. The number of hydrazine groups is 1. The lowest BCUT2D eigenvalue weighted by Gasteiger charge is -2.21. The van der Waals surface area contributed by atoms with Crippen LogP contribution in [0.1, 0.15) is 22.7 Å². The lowest BCUT2D eigenvalue weighted by molar-refractivity contribution is 0.393. The van der Waals surface area contributed by atoms with E-state index in [-0.39, 0.29) is 6.04 Å². The first-order chi connectivity index (χ1) is 10.2. The van der Waals surface area contributed by atoms with Crippen molar-refractivity contribution in [3.63, 3.8) is 0 Å². The lowest BCUT2D eigenvalue weighted by Crippen LogP contribution is -2.30. The molecule has 0 radical (unpaired) electrons. The van der Waals surface area contributed by atoms with E-state index in [1.807, 2.05) is 36.4 Å². The molecule has 0 saturated heterocycles.